The van der Waals surface area contributed by atoms with E-state index in [1.807, 2.05) is 6.20 Å². The van der Waals surface area contributed by atoms with Gasteiger partial charge in [-0.05, 0) is 50.0 Å². The number of hydrogen-bond donors (Lipinski definition) is 1. The molecule has 4 rings (SSSR count). The molecule has 1 aliphatic rings. The van der Waals surface area contributed by atoms with Gasteiger partial charge in [-0.3, -0.25) is 0 Å². The van der Waals surface area contributed by atoms with Crippen molar-refractivity contribution in [3.63, 3.8) is 0 Å². The lowest BCUT2D eigenvalue weighted by Gasteiger charge is -2.22. The quantitative estimate of drug-likeness (QED) is 0.778. The third-order valence-corrected chi connectivity index (χ3v) is 4.72. The first kappa shape index (κ1) is 13.5. The number of hydrogen-bond acceptors (Lipinski definition) is 2. The van der Waals surface area contributed by atoms with Crippen LogP contribution in [0.25, 0.3) is 16.6 Å². The topological polar surface area (TPSA) is 29.3 Å². The summed E-state index contributed by atoms with van der Waals surface area (Å²) >= 11 is 0. The Morgan fingerprint density at radius 1 is 1.09 bits per heavy atom. The molecule has 0 bridgehead atoms. The maximum absolute atomic E-state index is 4.78. The molecule has 3 heterocycles. The van der Waals surface area contributed by atoms with Crippen LogP contribution in [0.15, 0.2) is 48.8 Å². The monoisotopic (exact) mass is 291 g/mol. The molecule has 1 aromatic carbocycles. The summed E-state index contributed by atoms with van der Waals surface area (Å²) in [5.74, 6) is 1.78. The minimum absolute atomic E-state index is 0.565. The van der Waals surface area contributed by atoms with Crippen LogP contribution in [0.3, 0.4) is 0 Å². The van der Waals surface area contributed by atoms with Crippen LogP contribution in [0.5, 0.6) is 0 Å². The highest BCUT2D eigenvalue weighted by atomic mass is 15.0. The molecule has 22 heavy (non-hydrogen) atoms. The summed E-state index contributed by atoms with van der Waals surface area (Å²) in [6.07, 6.45) is 6.58. The molecule has 1 saturated heterocycles. The number of pyridine rings is 1. The SMILES string of the molecule is Cc1ccn2c(C3CCNCC3)ncc2c1-c1ccccc1. The van der Waals surface area contributed by atoms with Gasteiger partial charge in [-0.25, -0.2) is 4.98 Å². The van der Waals surface area contributed by atoms with E-state index in [1.54, 1.807) is 0 Å². The molecule has 0 saturated carbocycles. The van der Waals surface area contributed by atoms with E-state index in [0.717, 1.165) is 13.1 Å². The largest absolute Gasteiger partial charge is 0.317 e. The fourth-order valence-corrected chi connectivity index (χ4v) is 3.55. The van der Waals surface area contributed by atoms with Crippen molar-refractivity contribution in [2.45, 2.75) is 25.7 Å². The predicted octanol–water partition coefficient (Wildman–Crippen LogP) is 3.78. The molecule has 3 heteroatoms. The van der Waals surface area contributed by atoms with Gasteiger partial charge in [-0.2, -0.15) is 0 Å². The van der Waals surface area contributed by atoms with Gasteiger partial charge >= 0.3 is 0 Å². The molecule has 1 fully saturated rings. The summed E-state index contributed by atoms with van der Waals surface area (Å²) in [4.78, 5) is 4.78. The molecule has 3 aromatic rings. The molecule has 0 unspecified atom stereocenters. The van der Waals surface area contributed by atoms with Gasteiger partial charge in [-0.1, -0.05) is 30.3 Å². The van der Waals surface area contributed by atoms with Crippen molar-refractivity contribution in [1.82, 2.24) is 14.7 Å². The third-order valence-electron chi connectivity index (χ3n) is 4.72. The molecule has 1 aliphatic heterocycles. The second-order valence-electron chi connectivity index (χ2n) is 6.14. The summed E-state index contributed by atoms with van der Waals surface area (Å²) in [6.45, 7) is 4.37. The maximum Gasteiger partial charge on any atom is 0.116 e. The lowest BCUT2D eigenvalue weighted by molar-refractivity contribution is 0.444. The fourth-order valence-electron chi connectivity index (χ4n) is 3.55. The predicted molar refractivity (Wildman–Crippen MR) is 90.2 cm³/mol. The molecule has 0 atom stereocenters. The van der Waals surface area contributed by atoms with Gasteiger partial charge < -0.3 is 9.72 Å². The van der Waals surface area contributed by atoms with Crippen molar-refractivity contribution >= 4 is 5.52 Å². The highest BCUT2D eigenvalue weighted by molar-refractivity contribution is 5.82. The first-order chi connectivity index (χ1) is 10.8. The summed E-state index contributed by atoms with van der Waals surface area (Å²) < 4.78 is 2.30. The van der Waals surface area contributed by atoms with E-state index in [-0.39, 0.29) is 0 Å². The molecule has 0 aliphatic carbocycles. The number of benzene rings is 1. The fraction of sp³-hybridized carbons (Fsp3) is 0.316. The van der Waals surface area contributed by atoms with Crippen LogP contribution in [0, 0.1) is 6.92 Å². The van der Waals surface area contributed by atoms with Crippen molar-refractivity contribution in [2.75, 3.05) is 13.1 Å². The van der Waals surface area contributed by atoms with E-state index in [9.17, 15) is 0 Å². The Morgan fingerprint density at radius 2 is 1.86 bits per heavy atom. The number of aryl methyl sites for hydroxylation is 1. The van der Waals surface area contributed by atoms with Crippen molar-refractivity contribution in [1.29, 1.82) is 0 Å². The summed E-state index contributed by atoms with van der Waals surface area (Å²) in [5.41, 5.74) is 5.09. The van der Waals surface area contributed by atoms with Crippen LogP contribution in [-0.4, -0.2) is 22.5 Å². The Bertz CT molecular complexity index is 783. The maximum atomic E-state index is 4.78. The van der Waals surface area contributed by atoms with Gasteiger partial charge in [0.2, 0.25) is 0 Å². The number of rotatable bonds is 2. The lowest BCUT2D eigenvalue weighted by atomic mass is 9.97. The average molecular weight is 291 g/mol. The second kappa shape index (κ2) is 5.58. The molecule has 1 N–H and O–H groups in total. The van der Waals surface area contributed by atoms with E-state index < -0.39 is 0 Å². The normalized spacial score (nSPS) is 16.2. The molecular weight excluding hydrogens is 270 g/mol. The zero-order valence-corrected chi connectivity index (χ0v) is 12.9. The Labute approximate surface area is 131 Å². The van der Waals surface area contributed by atoms with Gasteiger partial charge in [0.15, 0.2) is 0 Å². The highest BCUT2D eigenvalue weighted by Crippen LogP contribution is 2.32. The number of piperidine rings is 1. The Morgan fingerprint density at radius 3 is 2.64 bits per heavy atom. The molecular formula is C19H21N3. The Hall–Kier alpha value is -2.13. The Balaban J connectivity index is 1.88. The van der Waals surface area contributed by atoms with Crippen molar-refractivity contribution in [3.8, 4) is 11.1 Å². The third kappa shape index (κ3) is 2.22. The number of imidazole rings is 1. The van der Waals surface area contributed by atoms with E-state index >= 15 is 0 Å². The van der Waals surface area contributed by atoms with Gasteiger partial charge in [0.05, 0.1) is 11.7 Å². The molecule has 2 aromatic heterocycles. The molecule has 112 valence electrons. The van der Waals surface area contributed by atoms with Crippen LogP contribution in [-0.2, 0) is 0 Å². The number of nitrogens with zero attached hydrogens (tertiary/aromatic N) is 2. The van der Waals surface area contributed by atoms with Crippen molar-refractivity contribution in [3.05, 3.63) is 60.2 Å². The standard InChI is InChI=1S/C19H21N3/c1-14-9-12-22-17(18(14)15-5-3-2-4-6-15)13-21-19(22)16-7-10-20-11-8-16/h2-6,9,12-13,16,20H,7-8,10-11H2,1H3. The van der Waals surface area contributed by atoms with Gasteiger partial charge in [-0.15, -0.1) is 0 Å². The highest BCUT2D eigenvalue weighted by Gasteiger charge is 2.21. The Kier molecular flexibility index (Phi) is 3.43. The molecule has 0 spiro atoms. The number of nitrogens with one attached hydrogen (secondary N) is 1. The molecule has 0 radical (unpaired) electrons. The second-order valence-corrected chi connectivity index (χ2v) is 6.14. The average Bonchev–Trinajstić information content (AvgIpc) is 3.00. The van der Waals surface area contributed by atoms with Crippen molar-refractivity contribution < 1.29 is 0 Å². The zero-order chi connectivity index (χ0) is 14.9. The summed E-state index contributed by atoms with van der Waals surface area (Å²) in [6, 6.07) is 12.8. The van der Waals surface area contributed by atoms with Crippen LogP contribution < -0.4 is 5.32 Å². The lowest BCUT2D eigenvalue weighted by Crippen LogP contribution is -2.27. The number of aromatic nitrogens is 2. The van der Waals surface area contributed by atoms with E-state index in [2.05, 4.69) is 59.2 Å². The zero-order valence-electron chi connectivity index (χ0n) is 12.9. The summed E-state index contributed by atoms with van der Waals surface area (Å²) in [5, 5.41) is 3.43. The van der Waals surface area contributed by atoms with Crippen LogP contribution >= 0.6 is 0 Å². The van der Waals surface area contributed by atoms with Gasteiger partial charge in [0.1, 0.15) is 5.82 Å². The van der Waals surface area contributed by atoms with Gasteiger partial charge in [0, 0.05) is 17.7 Å². The van der Waals surface area contributed by atoms with Gasteiger partial charge in [0.25, 0.3) is 0 Å². The van der Waals surface area contributed by atoms with Crippen molar-refractivity contribution in [2.24, 2.45) is 0 Å². The van der Waals surface area contributed by atoms with Crippen LogP contribution in [0.1, 0.15) is 30.1 Å². The van der Waals surface area contributed by atoms with Crippen LogP contribution in [0.4, 0.5) is 0 Å². The minimum atomic E-state index is 0.565. The van der Waals surface area contributed by atoms with Crippen LogP contribution in [0.2, 0.25) is 0 Å². The molecule has 3 nitrogen and oxygen atoms in total. The van der Waals surface area contributed by atoms with E-state index in [0.29, 0.717) is 5.92 Å². The van der Waals surface area contributed by atoms with E-state index in [1.165, 1.54) is 40.9 Å². The van der Waals surface area contributed by atoms with E-state index in [4.69, 9.17) is 4.98 Å². The minimum Gasteiger partial charge on any atom is -0.317 e. The summed E-state index contributed by atoms with van der Waals surface area (Å²) in [7, 11) is 0. The first-order valence-electron chi connectivity index (χ1n) is 8.07. The smallest absolute Gasteiger partial charge is 0.116 e. The molecule has 0 amide bonds. The first-order valence-corrected chi connectivity index (χ1v) is 8.07. The number of fused-ring (bicyclic) bond motifs is 1.